The molecule has 1 heterocycles. The van der Waals surface area contributed by atoms with E-state index in [-0.39, 0.29) is 16.9 Å². The predicted octanol–water partition coefficient (Wildman–Crippen LogP) is 5.00. The Balaban J connectivity index is 1.29. The number of nitrogens with one attached hydrogen (secondary N) is 3. The normalized spacial score (nSPS) is 10.3. The van der Waals surface area contributed by atoms with Crippen LogP contribution in [0.25, 0.3) is 11.1 Å². The van der Waals surface area contributed by atoms with Crippen molar-refractivity contribution in [2.45, 2.75) is 6.54 Å². The van der Waals surface area contributed by atoms with Gasteiger partial charge < -0.3 is 15.1 Å². The van der Waals surface area contributed by atoms with Gasteiger partial charge in [-0.15, -0.1) is 0 Å². The molecule has 0 aliphatic carbocycles. The molecule has 2 amide bonds. The average Bonchev–Trinajstić information content (AvgIpc) is 3.37. The largest absolute Gasteiger partial charge is 0.467 e. The molecule has 0 radical (unpaired) electrons. The van der Waals surface area contributed by atoms with Gasteiger partial charge in [0.25, 0.3) is 11.8 Å². The predicted molar refractivity (Wildman–Crippen MR) is 132 cm³/mol. The molecule has 0 saturated carbocycles. The Morgan fingerprint density at radius 1 is 0.727 bits per heavy atom. The van der Waals surface area contributed by atoms with Crippen molar-refractivity contribution < 1.29 is 14.0 Å². The molecule has 0 unspecified atom stereocenters. The third-order valence-electron chi connectivity index (χ3n) is 4.89. The monoisotopic (exact) mass is 455 g/mol. The van der Waals surface area contributed by atoms with Gasteiger partial charge in [0.05, 0.1) is 12.8 Å². The van der Waals surface area contributed by atoms with Gasteiger partial charge in [-0.3, -0.25) is 14.9 Å². The highest BCUT2D eigenvalue weighted by Gasteiger charge is 2.10. The number of rotatable bonds is 6. The average molecular weight is 456 g/mol. The minimum absolute atomic E-state index is 0.169. The SMILES string of the molecule is O=C(NCc1ccco1)c1ccc(NC(=S)NC(=O)c2ccc(-c3ccccc3)cc2)cc1. The Morgan fingerprint density at radius 3 is 2.03 bits per heavy atom. The van der Waals surface area contributed by atoms with E-state index in [1.54, 1.807) is 54.8 Å². The minimum atomic E-state index is -0.305. The van der Waals surface area contributed by atoms with Crippen LogP contribution < -0.4 is 16.0 Å². The Bertz CT molecular complexity index is 1240. The van der Waals surface area contributed by atoms with Crippen molar-refractivity contribution in [3.05, 3.63) is 114 Å². The van der Waals surface area contributed by atoms with E-state index in [0.29, 0.717) is 29.1 Å². The van der Waals surface area contributed by atoms with E-state index < -0.39 is 0 Å². The fourth-order valence-electron chi connectivity index (χ4n) is 3.17. The lowest BCUT2D eigenvalue weighted by molar-refractivity contribution is 0.0946. The molecule has 0 spiro atoms. The molecule has 0 aliphatic heterocycles. The summed E-state index contributed by atoms with van der Waals surface area (Å²) < 4.78 is 5.20. The smallest absolute Gasteiger partial charge is 0.257 e. The van der Waals surface area contributed by atoms with Gasteiger partial charge in [-0.2, -0.15) is 0 Å². The van der Waals surface area contributed by atoms with Gasteiger partial charge >= 0.3 is 0 Å². The number of hydrogen-bond acceptors (Lipinski definition) is 4. The second-order valence-electron chi connectivity index (χ2n) is 7.19. The number of amides is 2. The number of hydrogen-bond donors (Lipinski definition) is 3. The molecule has 4 aromatic rings. The van der Waals surface area contributed by atoms with E-state index in [1.807, 2.05) is 42.5 Å². The lowest BCUT2D eigenvalue weighted by atomic mass is 10.0. The van der Waals surface area contributed by atoms with E-state index >= 15 is 0 Å². The van der Waals surface area contributed by atoms with Crippen LogP contribution in [0.4, 0.5) is 5.69 Å². The van der Waals surface area contributed by atoms with E-state index in [1.165, 1.54) is 0 Å². The highest BCUT2D eigenvalue weighted by molar-refractivity contribution is 7.80. The quantitative estimate of drug-likeness (QED) is 0.356. The molecule has 0 saturated heterocycles. The molecule has 0 atom stereocenters. The van der Waals surface area contributed by atoms with Gasteiger partial charge in [-0.25, -0.2) is 0 Å². The first-order valence-electron chi connectivity index (χ1n) is 10.3. The molecule has 33 heavy (non-hydrogen) atoms. The number of thiocarbonyl (C=S) groups is 1. The molecular weight excluding hydrogens is 434 g/mol. The number of carbonyl (C=O) groups excluding carboxylic acids is 2. The van der Waals surface area contributed by atoms with Gasteiger partial charge in [-0.05, 0) is 71.9 Å². The van der Waals surface area contributed by atoms with E-state index in [0.717, 1.165) is 11.1 Å². The summed E-state index contributed by atoms with van der Waals surface area (Å²) in [5.74, 6) is 0.159. The molecule has 3 N–H and O–H groups in total. The first kappa shape index (κ1) is 22.0. The minimum Gasteiger partial charge on any atom is -0.467 e. The van der Waals surface area contributed by atoms with Crippen LogP contribution in [-0.4, -0.2) is 16.9 Å². The third kappa shape index (κ3) is 5.93. The van der Waals surface area contributed by atoms with Crippen molar-refractivity contribution in [1.29, 1.82) is 0 Å². The van der Waals surface area contributed by atoms with Crippen LogP contribution in [0.5, 0.6) is 0 Å². The molecular formula is C26H21N3O3S. The van der Waals surface area contributed by atoms with Crippen molar-refractivity contribution >= 4 is 34.8 Å². The lowest BCUT2D eigenvalue weighted by Crippen LogP contribution is -2.34. The van der Waals surface area contributed by atoms with Crippen molar-refractivity contribution in [1.82, 2.24) is 10.6 Å². The maximum atomic E-state index is 12.5. The third-order valence-corrected chi connectivity index (χ3v) is 5.09. The summed E-state index contributed by atoms with van der Waals surface area (Å²) in [7, 11) is 0. The van der Waals surface area contributed by atoms with Crippen molar-refractivity contribution in [2.24, 2.45) is 0 Å². The summed E-state index contributed by atoms with van der Waals surface area (Å²) in [5, 5.41) is 8.57. The summed E-state index contributed by atoms with van der Waals surface area (Å²) in [4.78, 5) is 24.7. The second kappa shape index (κ2) is 10.4. The van der Waals surface area contributed by atoms with Gasteiger partial charge in [0, 0.05) is 16.8 Å². The van der Waals surface area contributed by atoms with E-state index in [9.17, 15) is 9.59 Å². The molecule has 4 rings (SSSR count). The Labute approximate surface area is 196 Å². The fourth-order valence-corrected chi connectivity index (χ4v) is 3.38. The van der Waals surface area contributed by atoms with Crippen molar-refractivity contribution in [2.75, 3.05) is 5.32 Å². The number of anilines is 1. The zero-order valence-electron chi connectivity index (χ0n) is 17.6. The van der Waals surface area contributed by atoms with Crippen LogP contribution in [0.15, 0.2) is 102 Å². The van der Waals surface area contributed by atoms with E-state index in [4.69, 9.17) is 16.6 Å². The number of carbonyl (C=O) groups is 2. The van der Waals surface area contributed by atoms with Gasteiger partial charge in [0.2, 0.25) is 0 Å². The first-order valence-corrected chi connectivity index (χ1v) is 10.7. The molecule has 0 fully saturated rings. The highest BCUT2D eigenvalue weighted by atomic mass is 32.1. The zero-order chi connectivity index (χ0) is 23.0. The van der Waals surface area contributed by atoms with Gasteiger partial charge in [0.15, 0.2) is 5.11 Å². The molecule has 1 aromatic heterocycles. The molecule has 3 aromatic carbocycles. The van der Waals surface area contributed by atoms with Crippen LogP contribution in [0.2, 0.25) is 0 Å². The number of benzene rings is 3. The Hall–Kier alpha value is -4.23. The lowest BCUT2D eigenvalue weighted by Gasteiger charge is -2.11. The standard InChI is InChI=1S/C26H21N3O3S/c30-24(27-17-23-7-4-16-32-23)20-12-14-22(15-13-20)28-26(33)29-25(31)21-10-8-19(9-11-21)18-5-2-1-3-6-18/h1-16H,17H2,(H,27,30)(H2,28,29,31,33). The molecule has 0 bridgehead atoms. The Morgan fingerprint density at radius 2 is 1.36 bits per heavy atom. The van der Waals surface area contributed by atoms with Crippen LogP contribution in [-0.2, 0) is 6.54 Å². The summed E-state index contributed by atoms with van der Waals surface area (Å²) in [6.45, 7) is 0.314. The van der Waals surface area contributed by atoms with Crippen LogP contribution in [0.3, 0.4) is 0 Å². The maximum absolute atomic E-state index is 12.5. The first-order chi connectivity index (χ1) is 16.1. The topological polar surface area (TPSA) is 83.4 Å². The Kier molecular flexibility index (Phi) is 6.92. The fraction of sp³-hybridized carbons (Fsp3) is 0.0385. The van der Waals surface area contributed by atoms with Gasteiger partial charge in [0.1, 0.15) is 5.76 Å². The summed E-state index contributed by atoms with van der Waals surface area (Å²) >= 11 is 5.25. The number of furan rings is 1. The molecule has 7 heteroatoms. The second-order valence-corrected chi connectivity index (χ2v) is 7.60. The van der Waals surface area contributed by atoms with Crippen LogP contribution in [0.1, 0.15) is 26.5 Å². The summed E-state index contributed by atoms with van der Waals surface area (Å²) in [5.41, 5.74) is 3.77. The summed E-state index contributed by atoms with van der Waals surface area (Å²) in [6, 6.07) is 27.6. The molecule has 164 valence electrons. The van der Waals surface area contributed by atoms with Gasteiger partial charge in [-0.1, -0.05) is 42.5 Å². The van der Waals surface area contributed by atoms with Crippen molar-refractivity contribution in [3.63, 3.8) is 0 Å². The zero-order valence-corrected chi connectivity index (χ0v) is 18.4. The highest BCUT2D eigenvalue weighted by Crippen LogP contribution is 2.19. The summed E-state index contributed by atoms with van der Waals surface area (Å²) in [6.07, 6.45) is 1.56. The molecule has 6 nitrogen and oxygen atoms in total. The maximum Gasteiger partial charge on any atom is 0.257 e. The van der Waals surface area contributed by atoms with Crippen LogP contribution >= 0.6 is 12.2 Å². The van der Waals surface area contributed by atoms with E-state index in [2.05, 4.69) is 16.0 Å². The molecule has 0 aliphatic rings. The van der Waals surface area contributed by atoms with Crippen LogP contribution in [0, 0.1) is 0 Å². The van der Waals surface area contributed by atoms with Crippen molar-refractivity contribution in [3.8, 4) is 11.1 Å².